The fourth-order valence-corrected chi connectivity index (χ4v) is 3.14. The Morgan fingerprint density at radius 1 is 1.11 bits per heavy atom. The van der Waals surface area contributed by atoms with Crippen LogP contribution < -0.4 is 4.74 Å². The molecule has 1 aliphatic heterocycles. The van der Waals surface area contributed by atoms with E-state index in [9.17, 15) is 4.79 Å². The summed E-state index contributed by atoms with van der Waals surface area (Å²) >= 11 is 0. The van der Waals surface area contributed by atoms with Crippen LogP contribution in [0, 0.1) is 0 Å². The molecule has 0 radical (unpaired) electrons. The van der Waals surface area contributed by atoms with Gasteiger partial charge in [-0.05, 0) is 36.4 Å². The number of piperazine rings is 1. The first-order chi connectivity index (χ1) is 13.7. The summed E-state index contributed by atoms with van der Waals surface area (Å²) in [5, 5.41) is 8.22. The Bertz CT molecular complexity index is 919. The van der Waals surface area contributed by atoms with Crippen LogP contribution in [0.2, 0.25) is 0 Å². The standard InChI is InChI=1S/C20H21N5O3/c1-27-17-6-4-15(5-7-17)20(26)25-11-9-24(10-12-25)14-18-22-23-19(28-18)16-3-2-8-21-13-16/h2-8,13H,9-12,14H2,1H3. The van der Waals surface area contributed by atoms with Crippen LogP contribution in [0.4, 0.5) is 0 Å². The highest BCUT2D eigenvalue weighted by atomic mass is 16.5. The molecular weight excluding hydrogens is 358 g/mol. The minimum atomic E-state index is 0.0407. The van der Waals surface area contributed by atoms with Gasteiger partial charge in [-0.15, -0.1) is 10.2 Å². The molecule has 4 rings (SSSR count). The molecule has 3 heterocycles. The summed E-state index contributed by atoms with van der Waals surface area (Å²) in [6.45, 7) is 3.40. The Labute approximate surface area is 162 Å². The predicted molar refractivity (Wildman–Crippen MR) is 102 cm³/mol. The number of rotatable bonds is 5. The lowest BCUT2D eigenvalue weighted by Gasteiger charge is -2.34. The van der Waals surface area contributed by atoms with Gasteiger partial charge in [-0.1, -0.05) is 0 Å². The first kappa shape index (κ1) is 18.1. The smallest absolute Gasteiger partial charge is 0.253 e. The molecule has 8 heteroatoms. The van der Waals surface area contributed by atoms with Crippen LogP contribution in [0.15, 0.2) is 53.2 Å². The molecule has 3 aromatic rings. The second-order valence-electron chi connectivity index (χ2n) is 6.54. The van der Waals surface area contributed by atoms with E-state index in [4.69, 9.17) is 9.15 Å². The zero-order valence-electron chi connectivity index (χ0n) is 15.6. The third-order valence-corrected chi connectivity index (χ3v) is 4.73. The van der Waals surface area contributed by atoms with E-state index in [1.165, 1.54) is 0 Å². The summed E-state index contributed by atoms with van der Waals surface area (Å²) in [5.74, 6) is 1.82. The van der Waals surface area contributed by atoms with Gasteiger partial charge in [-0.3, -0.25) is 14.7 Å². The molecule has 0 unspecified atom stereocenters. The van der Waals surface area contributed by atoms with Gasteiger partial charge in [-0.25, -0.2) is 0 Å². The molecule has 0 saturated carbocycles. The van der Waals surface area contributed by atoms with Crippen molar-refractivity contribution in [3.05, 3.63) is 60.2 Å². The summed E-state index contributed by atoms with van der Waals surface area (Å²) in [4.78, 5) is 20.8. The van der Waals surface area contributed by atoms with Gasteiger partial charge < -0.3 is 14.1 Å². The molecule has 1 fully saturated rings. The monoisotopic (exact) mass is 379 g/mol. The van der Waals surface area contributed by atoms with Crippen LogP contribution in [0.1, 0.15) is 16.2 Å². The van der Waals surface area contributed by atoms with Crippen LogP contribution in [0.3, 0.4) is 0 Å². The van der Waals surface area contributed by atoms with Crippen LogP contribution in [0.25, 0.3) is 11.5 Å². The molecule has 2 aromatic heterocycles. The number of ether oxygens (including phenoxy) is 1. The van der Waals surface area contributed by atoms with Crippen molar-refractivity contribution in [3.63, 3.8) is 0 Å². The van der Waals surface area contributed by atoms with Crippen molar-refractivity contribution >= 4 is 5.91 Å². The predicted octanol–water partition coefficient (Wildman–Crippen LogP) is 2.10. The number of aromatic nitrogens is 3. The van der Waals surface area contributed by atoms with Crippen molar-refractivity contribution in [2.24, 2.45) is 0 Å². The minimum Gasteiger partial charge on any atom is -0.497 e. The van der Waals surface area contributed by atoms with Crippen molar-refractivity contribution in [1.82, 2.24) is 25.0 Å². The lowest BCUT2D eigenvalue weighted by molar-refractivity contribution is 0.0618. The van der Waals surface area contributed by atoms with Crippen LogP contribution in [0.5, 0.6) is 5.75 Å². The van der Waals surface area contributed by atoms with E-state index in [1.807, 2.05) is 17.0 Å². The SMILES string of the molecule is COc1ccc(C(=O)N2CCN(Cc3nnc(-c4cccnc4)o3)CC2)cc1. The lowest BCUT2D eigenvalue weighted by atomic mass is 10.1. The topological polar surface area (TPSA) is 84.6 Å². The highest BCUT2D eigenvalue weighted by molar-refractivity contribution is 5.94. The molecule has 8 nitrogen and oxygen atoms in total. The van der Waals surface area contributed by atoms with Crippen molar-refractivity contribution in [2.75, 3.05) is 33.3 Å². The van der Waals surface area contributed by atoms with E-state index in [0.29, 0.717) is 37.0 Å². The lowest BCUT2D eigenvalue weighted by Crippen LogP contribution is -2.48. The zero-order chi connectivity index (χ0) is 19.3. The number of carbonyl (C=O) groups excluding carboxylic acids is 1. The molecular formula is C20H21N5O3. The van der Waals surface area contributed by atoms with E-state index in [-0.39, 0.29) is 5.91 Å². The molecule has 1 saturated heterocycles. The third-order valence-electron chi connectivity index (χ3n) is 4.73. The molecule has 28 heavy (non-hydrogen) atoms. The van der Waals surface area contributed by atoms with E-state index >= 15 is 0 Å². The Balaban J connectivity index is 1.32. The van der Waals surface area contributed by atoms with Gasteiger partial charge in [0.1, 0.15) is 5.75 Å². The van der Waals surface area contributed by atoms with Gasteiger partial charge >= 0.3 is 0 Å². The molecule has 1 aliphatic rings. The average molecular weight is 379 g/mol. The first-order valence-corrected chi connectivity index (χ1v) is 9.11. The first-order valence-electron chi connectivity index (χ1n) is 9.11. The molecule has 0 aliphatic carbocycles. The molecule has 144 valence electrons. The number of carbonyl (C=O) groups is 1. The van der Waals surface area contributed by atoms with Crippen molar-refractivity contribution in [1.29, 1.82) is 0 Å². The Morgan fingerprint density at radius 2 is 1.89 bits per heavy atom. The Morgan fingerprint density at radius 3 is 2.57 bits per heavy atom. The van der Waals surface area contributed by atoms with E-state index in [0.717, 1.165) is 24.4 Å². The number of hydrogen-bond donors (Lipinski definition) is 0. The second kappa shape index (κ2) is 8.18. The number of methoxy groups -OCH3 is 1. The van der Waals surface area contributed by atoms with Gasteiger partial charge in [0, 0.05) is 44.1 Å². The maximum absolute atomic E-state index is 12.6. The number of benzene rings is 1. The maximum Gasteiger partial charge on any atom is 0.253 e. The zero-order valence-corrected chi connectivity index (χ0v) is 15.6. The quantitative estimate of drug-likeness (QED) is 0.671. The molecule has 1 aromatic carbocycles. The highest BCUT2D eigenvalue weighted by Crippen LogP contribution is 2.18. The molecule has 1 amide bonds. The summed E-state index contributed by atoms with van der Waals surface area (Å²) in [6.07, 6.45) is 3.40. The largest absolute Gasteiger partial charge is 0.497 e. The number of nitrogens with zero attached hydrogens (tertiary/aromatic N) is 5. The molecule has 0 N–H and O–H groups in total. The highest BCUT2D eigenvalue weighted by Gasteiger charge is 2.23. The average Bonchev–Trinajstić information content (AvgIpc) is 3.23. The van der Waals surface area contributed by atoms with E-state index < -0.39 is 0 Å². The normalized spacial score (nSPS) is 14.8. The summed E-state index contributed by atoms with van der Waals surface area (Å²) in [5.41, 5.74) is 1.48. The maximum atomic E-state index is 12.6. The minimum absolute atomic E-state index is 0.0407. The summed E-state index contributed by atoms with van der Waals surface area (Å²) < 4.78 is 10.9. The van der Waals surface area contributed by atoms with Crippen LogP contribution in [-0.2, 0) is 6.54 Å². The van der Waals surface area contributed by atoms with Crippen LogP contribution >= 0.6 is 0 Å². The van der Waals surface area contributed by atoms with Crippen molar-refractivity contribution in [3.8, 4) is 17.2 Å². The third kappa shape index (κ3) is 4.01. The molecule has 0 bridgehead atoms. The van der Waals surface area contributed by atoms with Gasteiger partial charge in [-0.2, -0.15) is 0 Å². The fraction of sp³-hybridized carbons (Fsp3) is 0.300. The van der Waals surface area contributed by atoms with Gasteiger partial charge in [0.2, 0.25) is 11.8 Å². The number of pyridine rings is 1. The summed E-state index contributed by atoms with van der Waals surface area (Å²) in [7, 11) is 1.61. The van der Waals surface area contributed by atoms with E-state index in [1.54, 1.807) is 43.8 Å². The van der Waals surface area contributed by atoms with Gasteiger partial charge in [0.25, 0.3) is 5.91 Å². The summed E-state index contributed by atoms with van der Waals surface area (Å²) in [6, 6.07) is 10.9. The fourth-order valence-electron chi connectivity index (χ4n) is 3.14. The van der Waals surface area contributed by atoms with Gasteiger partial charge in [0.15, 0.2) is 0 Å². The molecule has 0 spiro atoms. The second-order valence-corrected chi connectivity index (χ2v) is 6.54. The van der Waals surface area contributed by atoms with Crippen molar-refractivity contribution in [2.45, 2.75) is 6.54 Å². The van der Waals surface area contributed by atoms with Gasteiger partial charge in [0.05, 0.1) is 19.2 Å². The Kier molecular flexibility index (Phi) is 5.29. The Hall–Kier alpha value is -3.26. The number of hydrogen-bond acceptors (Lipinski definition) is 7. The van der Waals surface area contributed by atoms with Crippen LogP contribution in [-0.4, -0.2) is 64.2 Å². The number of amides is 1. The van der Waals surface area contributed by atoms with Crippen molar-refractivity contribution < 1.29 is 13.9 Å². The molecule has 0 atom stereocenters. The van der Waals surface area contributed by atoms with E-state index in [2.05, 4.69) is 20.1 Å².